The van der Waals surface area contributed by atoms with E-state index < -0.39 is 0 Å². The van der Waals surface area contributed by atoms with Crippen molar-refractivity contribution < 1.29 is 4.79 Å². The van der Waals surface area contributed by atoms with Gasteiger partial charge in [-0.05, 0) is 68.4 Å². The predicted molar refractivity (Wildman–Crippen MR) is 90.0 cm³/mol. The summed E-state index contributed by atoms with van der Waals surface area (Å²) in [7, 11) is 4.05. The van der Waals surface area contributed by atoms with E-state index in [0.29, 0.717) is 0 Å². The first-order valence-electron chi connectivity index (χ1n) is 8.63. The van der Waals surface area contributed by atoms with Crippen molar-refractivity contribution in [2.24, 2.45) is 23.2 Å². The number of carbonyl (C=O) groups is 1. The third-order valence-electron chi connectivity index (χ3n) is 6.15. The van der Waals surface area contributed by atoms with Crippen molar-refractivity contribution in [3.63, 3.8) is 0 Å². The lowest BCUT2D eigenvalue weighted by atomic mass is 9.49. The van der Waals surface area contributed by atoms with Gasteiger partial charge in [-0.25, -0.2) is 0 Å². The number of para-hydroxylation sites is 2. The van der Waals surface area contributed by atoms with Gasteiger partial charge < -0.3 is 10.2 Å². The molecule has 5 rings (SSSR count). The summed E-state index contributed by atoms with van der Waals surface area (Å²) < 4.78 is 0. The lowest BCUT2D eigenvalue weighted by Crippen LogP contribution is -2.51. The summed E-state index contributed by atoms with van der Waals surface area (Å²) in [5.74, 6) is 2.70. The number of anilines is 2. The number of hydrogen-bond donors (Lipinski definition) is 1. The van der Waals surface area contributed by atoms with Crippen LogP contribution in [0, 0.1) is 23.2 Å². The van der Waals surface area contributed by atoms with Crippen LogP contribution in [0.2, 0.25) is 0 Å². The summed E-state index contributed by atoms with van der Waals surface area (Å²) in [4.78, 5) is 15.2. The lowest BCUT2D eigenvalue weighted by Gasteiger charge is -2.55. The second-order valence-corrected chi connectivity index (χ2v) is 8.06. The molecule has 0 spiro atoms. The Kier molecular flexibility index (Phi) is 3.21. The van der Waals surface area contributed by atoms with Gasteiger partial charge in [-0.15, -0.1) is 0 Å². The van der Waals surface area contributed by atoms with Gasteiger partial charge in [-0.2, -0.15) is 0 Å². The zero-order valence-electron chi connectivity index (χ0n) is 13.6. The smallest absolute Gasteiger partial charge is 0.230 e. The van der Waals surface area contributed by atoms with Gasteiger partial charge in [0.1, 0.15) is 0 Å². The van der Waals surface area contributed by atoms with E-state index in [1.54, 1.807) is 0 Å². The maximum atomic E-state index is 13.1. The van der Waals surface area contributed by atoms with Gasteiger partial charge in [0.15, 0.2) is 0 Å². The van der Waals surface area contributed by atoms with Crippen molar-refractivity contribution >= 4 is 17.3 Å². The highest BCUT2D eigenvalue weighted by Gasteiger charge is 2.54. The van der Waals surface area contributed by atoms with Crippen LogP contribution in [-0.2, 0) is 4.79 Å². The highest BCUT2D eigenvalue weighted by atomic mass is 16.2. The summed E-state index contributed by atoms with van der Waals surface area (Å²) >= 11 is 0. The minimum atomic E-state index is -0.0752. The molecule has 4 saturated carbocycles. The zero-order valence-corrected chi connectivity index (χ0v) is 13.6. The minimum absolute atomic E-state index is 0.0752. The first kappa shape index (κ1) is 14.1. The molecule has 3 nitrogen and oxygen atoms in total. The van der Waals surface area contributed by atoms with Gasteiger partial charge in [0, 0.05) is 14.1 Å². The first-order chi connectivity index (χ1) is 10.6. The average molecular weight is 298 g/mol. The van der Waals surface area contributed by atoms with Gasteiger partial charge in [-0.3, -0.25) is 4.79 Å². The molecule has 1 N–H and O–H groups in total. The molecule has 118 valence electrons. The third-order valence-corrected chi connectivity index (χ3v) is 6.15. The van der Waals surface area contributed by atoms with Crippen LogP contribution < -0.4 is 10.2 Å². The summed E-state index contributed by atoms with van der Waals surface area (Å²) in [6.07, 6.45) is 7.49. The number of carbonyl (C=O) groups excluding carboxylic acids is 1. The summed E-state index contributed by atoms with van der Waals surface area (Å²) in [5, 5.41) is 3.27. The van der Waals surface area contributed by atoms with Gasteiger partial charge in [0.2, 0.25) is 5.91 Å². The Balaban J connectivity index is 1.58. The van der Waals surface area contributed by atoms with Crippen LogP contribution in [0.25, 0.3) is 0 Å². The quantitative estimate of drug-likeness (QED) is 0.917. The molecule has 0 aromatic heterocycles. The molecule has 1 aromatic carbocycles. The minimum Gasteiger partial charge on any atom is -0.376 e. The van der Waals surface area contributed by atoms with Crippen LogP contribution in [0.15, 0.2) is 24.3 Å². The van der Waals surface area contributed by atoms with Crippen LogP contribution in [-0.4, -0.2) is 20.0 Å². The first-order valence-corrected chi connectivity index (χ1v) is 8.63. The molecule has 0 radical (unpaired) electrons. The molecule has 0 saturated heterocycles. The topological polar surface area (TPSA) is 32.3 Å². The SMILES string of the molecule is CN(C)c1ccccc1NC(=O)C12CC3CC(CC(C3)C1)C2. The number of nitrogens with zero attached hydrogens (tertiary/aromatic N) is 1. The number of rotatable bonds is 3. The number of hydrogen-bond acceptors (Lipinski definition) is 2. The molecule has 4 aliphatic carbocycles. The third kappa shape index (κ3) is 2.22. The maximum absolute atomic E-state index is 13.1. The molecule has 4 bridgehead atoms. The van der Waals surface area contributed by atoms with Crippen LogP contribution in [0.4, 0.5) is 11.4 Å². The molecule has 22 heavy (non-hydrogen) atoms. The van der Waals surface area contributed by atoms with Gasteiger partial charge in [-0.1, -0.05) is 12.1 Å². The van der Waals surface area contributed by atoms with E-state index >= 15 is 0 Å². The van der Waals surface area contributed by atoms with Gasteiger partial charge in [0.25, 0.3) is 0 Å². The van der Waals surface area contributed by atoms with E-state index in [-0.39, 0.29) is 11.3 Å². The molecule has 0 atom stereocenters. The van der Waals surface area contributed by atoms with Crippen LogP contribution in [0.3, 0.4) is 0 Å². The largest absolute Gasteiger partial charge is 0.376 e. The van der Waals surface area contributed by atoms with Gasteiger partial charge >= 0.3 is 0 Å². The second-order valence-electron chi connectivity index (χ2n) is 8.06. The lowest BCUT2D eigenvalue weighted by molar-refractivity contribution is -0.140. The van der Waals surface area contributed by atoms with Crippen molar-refractivity contribution in [2.75, 3.05) is 24.3 Å². The molecule has 4 fully saturated rings. The molecule has 4 aliphatic rings. The Morgan fingerprint density at radius 1 is 1.05 bits per heavy atom. The van der Waals surface area contributed by atoms with E-state index in [0.717, 1.165) is 48.4 Å². The Bertz CT molecular complexity index is 558. The zero-order chi connectivity index (χ0) is 15.3. The number of amides is 1. The highest BCUT2D eigenvalue weighted by molar-refractivity contribution is 5.98. The Morgan fingerprint density at radius 2 is 1.59 bits per heavy atom. The normalized spacial score (nSPS) is 35.5. The van der Waals surface area contributed by atoms with E-state index in [9.17, 15) is 4.79 Å². The van der Waals surface area contributed by atoms with Crippen molar-refractivity contribution in [2.45, 2.75) is 38.5 Å². The molecule has 3 heteroatoms. The second kappa shape index (κ2) is 5.00. The number of benzene rings is 1. The highest BCUT2D eigenvalue weighted by Crippen LogP contribution is 2.60. The van der Waals surface area contributed by atoms with Gasteiger partial charge in [0.05, 0.1) is 16.8 Å². The fourth-order valence-corrected chi connectivity index (χ4v) is 5.61. The molecule has 1 amide bonds. The summed E-state index contributed by atoms with van der Waals surface area (Å²) in [5.41, 5.74) is 1.96. The summed E-state index contributed by atoms with van der Waals surface area (Å²) in [6.45, 7) is 0. The Morgan fingerprint density at radius 3 is 2.14 bits per heavy atom. The number of nitrogens with one attached hydrogen (secondary N) is 1. The van der Waals surface area contributed by atoms with Crippen LogP contribution in [0.1, 0.15) is 38.5 Å². The van der Waals surface area contributed by atoms with Crippen molar-refractivity contribution in [3.8, 4) is 0 Å². The van der Waals surface area contributed by atoms with E-state index in [4.69, 9.17) is 0 Å². The van der Waals surface area contributed by atoms with Crippen molar-refractivity contribution in [1.29, 1.82) is 0 Å². The van der Waals surface area contributed by atoms with E-state index in [1.807, 2.05) is 32.3 Å². The molecular weight excluding hydrogens is 272 g/mol. The molecular formula is C19H26N2O. The molecule has 1 aromatic rings. The molecule has 0 unspecified atom stereocenters. The standard InChI is InChI=1S/C19H26N2O/c1-21(2)17-6-4-3-5-16(17)20-18(22)19-10-13-7-14(11-19)9-15(8-13)12-19/h3-6,13-15H,7-12H2,1-2H3,(H,20,22). The van der Waals surface area contributed by atoms with Crippen molar-refractivity contribution in [3.05, 3.63) is 24.3 Å². The van der Waals surface area contributed by atoms with Crippen LogP contribution >= 0.6 is 0 Å². The average Bonchev–Trinajstić information content (AvgIpc) is 2.46. The predicted octanol–water partition coefficient (Wildman–Crippen LogP) is 3.91. The van der Waals surface area contributed by atoms with E-state index in [1.165, 1.54) is 19.3 Å². The molecule has 0 heterocycles. The Labute approximate surface area is 133 Å². The fourth-order valence-electron chi connectivity index (χ4n) is 5.61. The maximum Gasteiger partial charge on any atom is 0.230 e. The van der Waals surface area contributed by atoms with Crippen LogP contribution in [0.5, 0.6) is 0 Å². The Hall–Kier alpha value is -1.51. The molecule has 0 aliphatic heterocycles. The summed E-state index contributed by atoms with van der Waals surface area (Å²) in [6, 6.07) is 8.11. The van der Waals surface area contributed by atoms with Crippen molar-refractivity contribution in [1.82, 2.24) is 0 Å². The van der Waals surface area contributed by atoms with E-state index in [2.05, 4.69) is 16.3 Å². The fraction of sp³-hybridized carbons (Fsp3) is 0.632. The monoisotopic (exact) mass is 298 g/mol.